The van der Waals surface area contributed by atoms with Gasteiger partial charge in [0.1, 0.15) is 5.75 Å². The van der Waals surface area contributed by atoms with Gasteiger partial charge >= 0.3 is 0 Å². The number of phenolic OH excluding ortho intramolecular Hbond substituents is 1. The Labute approximate surface area is 110 Å². The molecule has 1 aliphatic rings. The van der Waals surface area contributed by atoms with E-state index in [9.17, 15) is 5.11 Å². The number of phenols is 1. The van der Waals surface area contributed by atoms with Gasteiger partial charge in [-0.25, -0.2) is 0 Å². The van der Waals surface area contributed by atoms with Crippen LogP contribution < -0.4 is 0 Å². The Morgan fingerprint density at radius 1 is 1.22 bits per heavy atom. The quantitative estimate of drug-likeness (QED) is 0.882. The minimum atomic E-state index is 0.349. The molecule has 0 radical (unpaired) electrons. The lowest BCUT2D eigenvalue weighted by atomic mass is 10.0. The number of likely N-dealkylation sites (N-methyl/N-ethyl adjacent to an activating group) is 1. The molecule has 1 aromatic rings. The molecular weight excluding hydrogens is 224 g/mol. The molecule has 0 bridgehead atoms. The topological polar surface area (TPSA) is 26.7 Å². The van der Waals surface area contributed by atoms with Crippen LogP contribution >= 0.6 is 0 Å². The molecule has 0 atom stereocenters. The predicted octanol–water partition coefficient (Wildman–Crippen LogP) is 1.96. The van der Waals surface area contributed by atoms with Crippen LogP contribution in [0.25, 0.3) is 0 Å². The van der Waals surface area contributed by atoms with Crippen molar-refractivity contribution in [2.24, 2.45) is 0 Å². The maximum Gasteiger partial charge on any atom is 0.115 e. The SMILES string of the molecule is CN1CCC(N(C)CCc2ccc(O)cc2)CC1. The number of hydrogen-bond donors (Lipinski definition) is 1. The number of hydrogen-bond acceptors (Lipinski definition) is 3. The molecule has 0 saturated carbocycles. The average molecular weight is 248 g/mol. The van der Waals surface area contributed by atoms with Gasteiger partial charge in [-0.2, -0.15) is 0 Å². The van der Waals surface area contributed by atoms with Crippen LogP contribution in [-0.2, 0) is 6.42 Å². The minimum absolute atomic E-state index is 0.349. The van der Waals surface area contributed by atoms with E-state index in [1.54, 1.807) is 12.1 Å². The van der Waals surface area contributed by atoms with Crippen LogP contribution in [0.1, 0.15) is 18.4 Å². The van der Waals surface area contributed by atoms with Gasteiger partial charge < -0.3 is 14.9 Å². The first kappa shape index (κ1) is 13.4. The molecule has 1 aliphatic heterocycles. The number of piperidine rings is 1. The van der Waals surface area contributed by atoms with Crippen molar-refractivity contribution in [2.45, 2.75) is 25.3 Å². The Morgan fingerprint density at radius 3 is 2.44 bits per heavy atom. The summed E-state index contributed by atoms with van der Waals surface area (Å²) in [7, 11) is 4.43. The third-order valence-corrected chi connectivity index (χ3v) is 4.00. The van der Waals surface area contributed by atoms with Crippen molar-refractivity contribution in [1.82, 2.24) is 9.80 Å². The second-order valence-corrected chi connectivity index (χ2v) is 5.43. The summed E-state index contributed by atoms with van der Waals surface area (Å²) in [6.45, 7) is 3.53. The number of likely N-dealkylation sites (tertiary alicyclic amines) is 1. The van der Waals surface area contributed by atoms with Gasteiger partial charge in [0.2, 0.25) is 0 Å². The zero-order chi connectivity index (χ0) is 13.0. The van der Waals surface area contributed by atoms with Gasteiger partial charge in [0.25, 0.3) is 0 Å². The van der Waals surface area contributed by atoms with Crippen LogP contribution in [0.15, 0.2) is 24.3 Å². The second-order valence-electron chi connectivity index (χ2n) is 5.43. The fourth-order valence-electron chi connectivity index (χ4n) is 2.59. The van der Waals surface area contributed by atoms with Crippen molar-refractivity contribution in [3.63, 3.8) is 0 Å². The fourth-order valence-corrected chi connectivity index (χ4v) is 2.59. The van der Waals surface area contributed by atoms with E-state index in [2.05, 4.69) is 23.9 Å². The molecule has 1 N–H and O–H groups in total. The van der Waals surface area contributed by atoms with Crippen molar-refractivity contribution < 1.29 is 5.11 Å². The monoisotopic (exact) mass is 248 g/mol. The van der Waals surface area contributed by atoms with Gasteiger partial charge in [0, 0.05) is 12.6 Å². The van der Waals surface area contributed by atoms with Crippen molar-refractivity contribution in [3.8, 4) is 5.75 Å². The zero-order valence-electron chi connectivity index (χ0n) is 11.5. The standard InChI is InChI=1S/C15H24N2O/c1-16-10-8-14(9-11-16)17(2)12-7-13-3-5-15(18)6-4-13/h3-6,14,18H,7-12H2,1-2H3. The van der Waals surface area contributed by atoms with E-state index in [0.717, 1.165) is 19.0 Å². The molecule has 100 valence electrons. The third kappa shape index (κ3) is 3.72. The molecule has 0 aromatic heterocycles. The smallest absolute Gasteiger partial charge is 0.115 e. The van der Waals surface area contributed by atoms with Crippen molar-refractivity contribution in [3.05, 3.63) is 29.8 Å². The van der Waals surface area contributed by atoms with Gasteiger partial charge in [0.05, 0.1) is 0 Å². The summed E-state index contributed by atoms with van der Waals surface area (Å²) in [4.78, 5) is 4.89. The summed E-state index contributed by atoms with van der Waals surface area (Å²) < 4.78 is 0. The van der Waals surface area contributed by atoms with Crippen LogP contribution in [0.5, 0.6) is 5.75 Å². The molecule has 1 saturated heterocycles. The molecule has 2 rings (SSSR count). The predicted molar refractivity (Wildman–Crippen MR) is 75.0 cm³/mol. The summed E-state index contributed by atoms with van der Waals surface area (Å²) in [6.07, 6.45) is 3.62. The molecule has 1 aromatic carbocycles. The summed E-state index contributed by atoms with van der Waals surface area (Å²) in [5.74, 6) is 0.349. The van der Waals surface area contributed by atoms with E-state index in [-0.39, 0.29) is 0 Å². The van der Waals surface area contributed by atoms with Crippen LogP contribution in [-0.4, -0.2) is 54.7 Å². The van der Waals surface area contributed by atoms with E-state index in [1.807, 2.05) is 12.1 Å². The van der Waals surface area contributed by atoms with Crippen molar-refractivity contribution in [1.29, 1.82) is 0 Å². The van der Waals surface area contributed by atoms with E-state index < -0.39 is 0 Å². The molecule has 1 heterocycles. The Kier molecular flexibility index (Phi) is 4.61. The Hall–Kier alpha value is -1.06. The van der Waals surface area contributed by atoms with Crippen molar-refractivity contribution in [2.75, 3.05) is 33.7 Å². The van der Waals surface area contributed by atoms with Crippen LogP contribution in [0, 0.1) is 0 Å². The molecule has 1 fully saturated rings. The highest BCUT2D eigenvalue weighted by molar-refractivity contribution is 5.25. The van der Waals surface area contributed by atoms with E-state index in [1.165, 1.54) is 31.5 Å². The number of benzene rings is 1. The van der Waals surface area contributed by atoms with E-state index >= 15 is 0 Å². The molecule has 18 heavy (non-hydrogen) atoms. The first-order valence-corrected chi connectivity index (χ1v) is 6.82. The van der Waals surface area contributed by atoms with Gasteiger partial charge in [-0.15, -0.1) is 0 Å². The molecule has 3 heteroatoms. The lowest BCUT2D eigenvalue weighted by molar-refractivity contribution is 0.145. The largest absolute Gasteiger partial charge is 0.508 e. The summed E-state index contributed by atoms with van der Waals surface area (Å²) in [6, 6.07) is 8.30. The lowest BCUT2D eigenvalue weighted by Crippen LogP contribution is -2.42. The summed E-state index contributed by atoms with van der Waals surface area (Å²) >= 11 is 0. The fraction of sp³-hybridized carbons (Fsp3) is 0.600. The highest BCUT2D eigenvalue weighted by Crippen LogP contribution is 2.15. The van der Waals surface area contributed by atoms with Crippen LogP contribution in [0.3, 0.4) is 0 Å². The first-order chi connectivity index (χ1) is 8.65. The normalized spacial score (nSPS) is 18.4. The highest BCUT2D eigenvalue weighted by Gasteiger charge is 2.19. The molecule has 0 spiro atoms. The zero-order valence-corrected chi connectivity index (χ0v) is 11.5. The lowest BCUT2D eigenvalue weighted by Gasteiger charge is -2.35. The number of aromatic hydroxyl groups is 1. The number of nitrogens with zero attached hydrogens (tertiary/aromatic N) is 2. The first-order valence-electron chi connectivity index (χ1n) is 6.82. The summed E-state index contributed by atoms with van der Waals surface area (Å²) in [5.41, 5.74) is 1.30. The minimum Gasteiger partial charge on any atom is -0.508 e. The average Bonchev–Trinajstić information content (AvgIpc) is 2.38. The Morgan fingerprint density at radius 2 is 1.83 bits per heavy atom. The molecule has 3 nitrogen and oxygen atoms in total. The molecular formula is C15H24N2O. The second kappa shape index (κ2) is 6.21. The van der Waals surface area contributed by atoms with E-state index in [0.29, 0.717) is 5.75 Å². The Bertz CT molecular complexity index is 355. The van der Waals surface area contributed by atoms with Crippen molar-refractivity contribution >= 4 is 0 Å². The molecule has 0 unspecified atom stereocenters. The van der Waals surface area contributed by atoms with Gasteiger partial charge in [0.15, 0.2) is 0 Å². The maximum absolute atomic E-state index is 9.25. The van der Waals surface area contributed by atoms with Gasteiger partial charge in [-0.1, -0.05) is 12.1 Å². The Balaban J connectivity index is 1.77. The molecule has 0 amide bonds. The molecule has 0 aliphatic carbocycles. The van der Waals surface area contributed by atoms with Gasteiger partial charge in [-0.05, 0) is 64.1 Å². The third-order valence-electron chi connectivity index (χ3n) is 4.00. The highest BCUT2D eigenvalue weighted by atomic mass is 16.3. The maximum atomic E-state index is 9.25. The van der Waals surface area contributed by atoms with Crippen LogP contribution in [0.4, 0.5) is 0 Å². The van der Waals surface area contributed by atoms with Crippen LogP contribution in [0.2, 0.25) is 0 Å². The number of rotatable bonds is 4. The summed E-state index contributed by atoms with van der Waals surface area (Å²) in [5, 5.41) is 9.25. The van der Waals surface area contributed by atoms with Gasteiger partial charge in [-0.3, -0.25) is 0 Å². The van der Waals surface area contributed by atoms with E-state index in [4.69, 9.17) is 0 Å².